The summed E-state index contributed by atoms with van der Waals surface area (Å²) in [4.78, 5) is 33.7. The molecule has 1 N–H and O–H groups in total. The Morgan fingerprint density at radius 2 is 1.65 bits per heavy atom. The van der Waals surface area contributed by atoms with E-state index in [0.717, 1.165) is 30.2 Å². The molecule has 1 aromatic heterocycles. The maximum absolute atomic E-state index is 13.9. The zero-order valence-electron chi connectivity index (χ0n) is 21.7. The summed E-state index contributed by atoms with van der Waals surface area (Å²) in [6.07, 6.45) is 13.9. The number of ether oxygens (including phenoxy) is 1. The summed E-state index contributed by atoms with van der Waals surface area (Å²) in [5, 5.41) is 12.8. The maximum Gasteiger partial charge on any atom is 0.362 e. The topological polar surface area (TPSA) is 97.0 Å². The highest BCUT2D eigenvalue weighted by molar-refractivity contribution is 6.42. The van der Waals surface area contributed by atoms with E-state index >= 15 is 0 Å². The first-order valence-corrected chi connectivity index (χ1v) is 14.3. The summed E-state index contributed by atoms with van der Waals surface area (Å²) >= 11 is 0. The highest BCUT2D eigenvalue weighted by Crippen LogP contribution is 2.47. The molecule has 2 aliphatic heterocycles. The summed E-state index contributed by atoms with van der Waals surface area (Å²) < 4.78 is 6.87. The van der Waals surface area contributed by atoms with E-state index in [1.165, 1.54) is 57.8 Å². The van der Waals surface area contributed by atoms with Gasteiger partial charge in [-0.25, -0.2) is 9.78 Å². The van der Waals surface area contributed by atoms with Crippen molar-refractivity contribution >= 4 is 22.7 Å². The zero-order valence-corrected chi connectivity index (χ0v) is 21.7. The molecule has 4 unspecified atom stereocenters. The summed E-state index contributed by atoms with van der Waals surface area (Å²) in [6.45, 7) is 1.79. The summed E-state index contributed by atoms with van der Waals surface area (Å²) in [7, 11) is 0. The van der Waals surface area contributed by atoms with Crippen LogP contribution in [-0.4, -0.2) is 56.1 Å². The van der Waals surface area contributed by atoms with E-state index in [4.69, 9.17) is 4.74 Å². The van der Waals surface area contributed by atoms with E-state index in [-0.39, 0.29) is 23.9 Å². The predicted octanol–water partition coefficient (Wildman–Crippen LogP) is 4.66. The van der Waals surface area contributed by atoms with E-state index in [0.29, 0.717) is 23.6 Å². The summed E-state index contributed by atoms with van der Waals surface area (Å²) in [6, 6.07) is 9.19. The fourth-order valence-electron chi connectivity index (χ4n) is 8.16. The normalized spacial score (nSPS) is 32.3. The maximum atomic E-state index is 13.9. The van der Waals surface area contributed by atoms with E-state index in [9.17, 15) is 14.8 Å². The number of nitrogens with zero attached hydrogens (tertiary/aromatic N) is 4. The number of rotatable bonds is 5. The van der Waals surface area contributed by atoms with Gasteiger partial charge in [-0.3, -0.25) is 9.69 Å². The largest absolute Gasteiger partial charge is 0.461 e. The molecule has 0 radical (unpaired) electrons. The number of piperidine rings is 1. The van der Waals surface area contributed by atoms with Crippen molar-refractivity contribution in [2.24, 2.45) is 17.0 Å². The average Bonchev–Trinajstić information content (AvgIpc) is 3.05. The quantitative estimate of drug-likeness (QED) is 0.274. The van der Waals surface area contributed by atoms with E-state index in [1.807, 2.05) is 28.8 Å². The second-order valence-electron chi connectivity index (χ2n) is 11.6. The fourth-order valence-corrected chi connectivity index (χ4v) is 8.16. The van der Waals surface area contributed by atoms with Crippen molar-refractivity contribution in [2.75, 3.05) is 6.61 Å². The van der Waals surface area contributed by atoms with Crippen molar-refractivity contribution in [3.05, 3.63) is 40.3 Å². The Morgan fingerprint density at radius 1 is 0.973 bits per heavy atom. The third-order valence-electron chi connectivity index (χ3n) is 9.49. The van der Waals surface area contributed by atoms with Crippen LogP contribution in [0.4, 0.5) is 0 Å². The molecule has 8 heteroatoms. The van der Waals surface area contributed by atoms with Crippen LogP contribution >= 0.6 is 0 Å². The number of hydrogen-bond donors (Lipinski definition) is 1. The molecule has 4 fully saturated rings. The monoisotopic (exact) mass is 506 g/mol. The molecule has 8 nitrogen and oxygen atoms in total. The first-order valence-electron chi connectivity index (χ1n) is 14.3. The van der Waals surface area contributed by atoms with Crippen molar-refractivity contribution in [1.29, 1.82) is 0 Å². The van der Waals surface area contributed by atoms with Crippen molar-refractivity contribution < 1.29 is 14.7 Å². The number of carbonyl (C=O) groups excluding carboxylic acids is 1. The molecule has 3 heterocycles. The predicted molar refractivity (Wildman–Crippen MR) is 141 cm³/mol. The molecule has 2 saturated heterocycles. The molecule has 5 atom stereocenters. The van der Waals surface area contributed by atoms with Crippen molar-refractivity contribution in [2.45, 2.75) is 102 Å². The highest BCUT2D eigenvalue weighted by atomic mass is 16.5. The lowest BCUT2D eigenvalue weighted by molar-refractivity contribution is -0.135. The third kappa shape index (κ3) is 4.47. The first kappa shape index (κ1) is 24.6. The second kappa shape index (κ2) is 10.2. The third-order valence-corrected chi connectivity index (χ3v) is 9.49. The van der Waals surface area contributed by atoms with Crippen molar-refractivity contribution in [3.8, 4) is 0 Å². The van der Waals surface area contributed by atoms with Crippen LogP contribution in [0.1, 0.15) is 89.3 Å². The van der Waals surface area contributed by atoms with Crippen LogP contribution in [-0.2, 0) is 9.53 Å². The molecular weight excluding hydrogens is 468 g/mol. The molecule has 4 aliphatic rings. The van der Waals surface area contributed by atoms with Crippen molar-refractivity contribution in [1.82, 2.24) is 14.5 Å². The minimum absolute atomic E-state index is 0.0147. The SMILES string of the molecule is CCOC(=O)/C(=N\O)c1nc2ccccc2n(C2CC3CC[C@H](C2)N3C2CC3CCCCC(C3)C2)c1=O. The van der Waals surface area contributed by atoms with Gasteiger partial charge in [0.25, 0.3) is 5.56 Å². The molecule has 2 aromatic rings. The molecule has 198 valence electrons. The number of aromatic nitrogens is 2. The van der Waals surface area contributed by atoms with E-state index in [1.54, 1.807) is 6.92 Å². The fraction of sp³-hybridized carbons (Fsp3) is 0.655. The number of para-hydroxylation sites is 2. The van der Waals surface area contributed by atoms with Gasteiger partial charge in [0.15, 0.2) is 5.69 Å². The van der Waals surface area contributed by atoms with Gasteiger partial charge in [0.05, 0.1) is 17.6 Å². The Kier molecular flexibility index (Phi) is 6.78. The Bertz CT molecular complexity index is 1230. The number of fused-ring (bicyclic) bond motifs is 5. The Labute approximate surface area is 217 Å². The highest BCUT2D eigenvalue weighted by Gasteiger charge is 2.47. The van der Waals surface area contributed by atoms with Gasteiger partial charge >= 0.3 is 5.97 Å². The lowest BCUT2D eigenvalue weighted by Gasteiger charge is -2.48. The zero-order chi connectivity index (χ0) is 25.5. The number of hydrogen-bond acceptors (Lipinski definition) is 7. The van der Waals surface area contributed by atoms with Crippen LogP contribution in [0.25, 0.3) is 11.0 Å². The van der Waals surface area contributed by atoms with Gasteiger partial charge < -0.3 is 14.5 Å². The molecule has 2 aliphatic carbocycles. The van der Waals surface area contributed by atoms with Crippen molar-refractivity contribution in [3.63, 3.8) is 0 Å². The Morgan fingerprint density at radius 3 is 2.30 bits per heavy atom. The molecule has 2 saturated carbocycles. The van der Waals surface area contributed by atoms with Gasteiger partial charge in [-0.15, -0.1) is 0 Å². The summed E-state index contributed by atoms with van der Waals surface area (Å²) in [5.74, 6) is 0.929. The standard InChI is InChI=1S/C29H38N4O4/c1-2-37-29(35)27(31-36)26-28(34)33(25-10-6-5-9-24(25)30-26)23-16-20-11-12-21(17-23)32(20)22-14-18-7-3-4-8-19(13-18)15-22/h5-6,9-10,18-23,36H,2-4,7-8,11-17H2,1H3/b31-27-/t18?,19?,20-,21?,22?,23?/m1/s1. The van der Waals surface area contributed by atoms with Crippen LogP contribution in [0.5, 0.6) is 0 Å². The molecule has 37 heavy (non-hydrogen) atoms. The lowest BCUT2D eigenvalue weighted by atomic mass is 9.76. The molecule has 6 rings (SSSR count). The molecule has 4 bridgehead atoms. The number of oxime groups is 1. The van der Waals surface area contributed by atoms with Gasteiger partial charge in [0.2, 0.25) is 5.71 Å². The van der Waals surface area contributed by atoms with Crippen LogP contribution in [0.15, 0.2) is 34.2 Å². The van der Waals surface area contributed by atoms with E-state index in [2.05, 4.69) is 15.0 Å². The van der Waals surface area contributed by atoms with E-state index < -0.39 is 11.7 Å². The Hall–Kier alpha value is -2.74. The van der Waals surface area contributed by atoms with Gasteiger partial charge in [-0.2, -0.15) is 0 Å². The second-order valence-corrected chi connectivity index (χ2v) is 11.6. The average molecular weight is 507 g/mol. The molecule has 0 amide bonds. The number of benzene rings is 1. The molecular formula is C29H38N4O4. The van der Waals surface area contributed by atoms with Gasteiger partial charge in [-0.05, 0) is 75.8 Å². The van der Waals surface area contributed by atoms with Gasteiger partial charge in [0.1, 0.15) is 0 Å². The van der Waals surface area contributed by atoms with Crippen LogP contribution in [0.2, 0.25) is 0 Å². The molecule has 1 aromatic carbocycles. The van der Waals surface area contributed by atoms with Gasteiger partial charge in [-0.1, -0.05) is 43.0 Å². The van der Waals surface area contributed by atoms with Crippen LogP contribution < -0.4 is 5.56 Å². The minimum Gasteiger partial charge on any atom is -0.461 e. The molecule has 0 spiro atoms. The van der Waals surface area contributed by atoms with Gasteiger partial charge in [0, 0.05) is 24.2 Å². The van der Waals surface area contributed by atoms with Crippen LogP contribution in [0.3, 0.4) is 0 Å². The first-order chi connectivity index (χ1) is 18.1. The number of carbonyl (C=O) groups is 1. The smallest absolute Gasteiger partial charge is 0.362 e. The van der Waals surface area contributed by atoms with Crippen LogP contribution in [0, 0.1) is 11.8 Å². The summed E-state index contributed by atoms with van der Waals surface area (Å²) in [5.41, 5.74) is 0.399. The minimum atomic E-state index is -0.843. The lowest BCUT2D eigenvalue weighted by Crippen LogP contribution is -2.52. The number of esters is 1. The Balaban J connectivity index is 1.33.